The number of alkyl halides is 3. The van der Waals surface area contributed by atoms with Crippen molar-refractivity contribution in [1.29, 1.82) is 0 Å². The molecule has 3 heterocycles. The van der Waals surface area contributed by atoms with Gasteiger partial charge in [0, 0.05) is 37.3 Å². The number of hydrogen-bond acceptors (Lipinski definition) is 4. The Morgan fingerprint density at radius 1 is 1.20 bits per heavy atom. The number of H-pyrrole nitrogens is 1. The minimum absolute atomic E-state index is 0.0874. The maximum atomic E-state index is 13.5. The van der Waals surface area contributed by atoms with E-state index in [1.54, 1.807) is 12.1 Å². The fourth-order valence-corrected chi connectivity index (χ4v) is 3.30. The number of benzene rings is 1. The maximum absolute atomic E-state index is 13.5. The first-order valence-corrected chi connectivity index (χ1v) is 9.05. The number of aromatic amines is 1. The Kier molecular flexibility index (Phi) is 4.76. The third kappa shape index (κ3) is 3.76. The highest BCUT2D eigenvalue weighted by molar-refractivity contribution is 5.97. The molecule has 0 bridgehead atoms. The van der Waals surface area contributed by atoms with Crippen LogP contribution in [-0.4, -0.2) is 33.3 Å². The summed E-state index contributed by atoms with van der Waals surface area (Å²) in [5, 5.41) is 4.94. The Bertz CT molecular complexity index is 1150. The molecule has 3 N–H and O–H groups in total. The van der Waals surface area contributed by atoms with Gasteiger partial charge in [-0.1, -0.05) is 0 Å². The number of carbonyl (C=O) groups is 2. The fourth-order valence-electron chi connectivity index (χ4n) is 3.30. The summed E-state index contributed by atoms with van der Waals surface area (Å²) in [4.78, 5) is 34.8. The second kappa shape index (κ2) is 7.29. The molecule has 1 aliphatic rings. The van der Waals surface area contributed by atoms with E-state index in [1.807, 2.05) is 0 Å². The molecule has 30 heavy (non-hydrogen) atoms. The Morgan fingerprint density at radius 3 is 2.70 bits per heavy atom. The number of amides is 2. The van der Waals surface area contributed by atoms with Crippen LogP contribution in [0.2, 0.25) is 0 Å². The molecular formula is C20H16F3N5O2. The second-order valence-electron chi connectivity index (χ2n) is 6.79. The monoisotopic (exact) mass is 415 g/mol. The molecule has 2 aromatic heterocycles. The van der Waals surface area contributed by atoms with E-state index < -0.39 is 17.6 Å². The Morgan fingerprint density at radius 2 is 2.00 bits per heavy atom. The number of carbonyl (C=O) groups excluding carboxylic acids is 2. The molecule has 0 unspecified atom stereocenters. The van der Waals surface area contributed by atoms with E-state index in [-0.39, 0.29) is 23.0 Å². The van der Waals surface area contributed by atoms with Gasteiger partial charge in [0.2, 0.25) is 5.91 Å². The molecule has 2 amide bonds. The topological polar surface area (TPSA) is 99.8 Å². The van der Waals surface area contributed by atoms with Gasteiger partial charge in [0.05, 0.1) is 28.2 Å². The van der Waals surface area contributed by atoms with Crippen LogP contribution in [0.25, 0.3) is 22.8 Å². The van der Waals surface area contributed by atoms with Gasteiger partial charge in [-0.15, -0.1) is 0 Å². The predicted molar refractivity (Wildman–Crippen MR) is 103 cm³/mol. The maximum Gasteiger partial charge on any atom is 0.418 e. The van der Waals surface area contributed by atoms with Crippen LogP contribution in [0.1, 0.15) is 28.5 Å². The smallest absolute Gasteiger partial charge is 0.356 e. The van der Waals surface area contributed by atoms with Crippen molar-refractivity contribution in [1.82, 2.24) is 20.3 Å². The fraction of sp³-hybridized carbons (Fsp3) is 0.200. The minimum atomic E-state index is -4.67. The van der Waals surface area contributed by atoms with Crippen molar-refractivity contribution in [2.24, 2.45) is 0 Å². The number of rotatable bonds is 3. The summed E-state index contributed by atoms with van der Waals surface area (Å²) in [6.45, 7) is 1.67. The van der Waals surface area contributed by atoms with Gasteiger partial charge in [0.1, 0.15) is 0 Å². The highest BCUT2D eigenvalue weighted by atomic mass is 19.4. The molecule has 0 saturated heterocycles. The third-order valence-corrected chi connectivity index (χ3v) is 4.63. The summed E-state index contributed by atoms with van der Waals surface area (Å²) in [5.74, 6) is -0.702. The summed E-state index contributed by atoms with van der Waals surface area (Å²) in [6.07, 6.45) is -2.58. The molecule has 3 aromatic rings. The molecular weight excluding hydrogens is 399 g/mol. The molecule has 0 spiro atoms. The van der Waals surface area contributed by atoms with Crippen molar-refractivity contribution in [2.75, 3.05) is 11.9 Å². The zero-order valence-electron chi connectivity index (χ0n) is 15.7. The lowest BCUT2D eigenvalue weighted by molar-refractivity contribution is -0.136. The summed E-state index contributed by atoms with van der Waals surface area (Å²) < 4.78 is 40.4. The third-order valence-electron chi connectivity index (χ3n) is 4.63. The largest absolute Gasteiger partial charge is 0.418 e. The van der Waals surface area contributed by atoms with Crippen LogP contribution >= 0.6 is 0 Å². The summed E-state index contributed by atoms with van der Waals surface area (Å²) in [5.41, 5.74) is 1.15. The quantitative estimate of drug-likeness (QED) is 0.611. The number of aromatic nitrogens is 3. The van der Waals surface area contributed by atoms with Crippen molar-refractivity contribution in [3.05, 3.63) is 53.3 Å². The van der Waals surface area contributed by atoms with Crippen LogP contribution in [-0.2, 0) is 17.4 Å². The molecule has 1 aliphatic heterocycles. The van der Waals surface area contributed by atoms with E-state index in [2.05, 4.69) is 25.6 Å². The number of fused-ring (bicyclic) bond motifs is 1. The van der Waals surface area contributed by atoms with Gasteiger partial charge in [0.25, 0.3) is 5.91 Å². The van der Waals surface area contributed by atoms with Gasteiger partial charge < -0.3 is 15.6 Å². The SMILES string of the molecule is CC(=O)Nc1ccc(-c2nccc(-c3cc4c([nH]3)CCNC4=O)n2)cc1C(F)(F)F. The second-order valence-corrected chi connectivity index (χ2v) is 6.79. The number of nitrogens with zero attached hydrogens (tertiary/aromatic N) is 2. The van der Waals surface area contributed by atoms with Crippen LogP contribution in [0.3, 0.4) is 0 Å². The molecule has 0 fully saturated rings. The molecule has 1 aromatic carbocycles. The van der Waals surface area contributed by atoms with Crippen LogP contribution in [0.15, 0.2) is 36.5 Å². The Hall–Kier alpha value is -3.69. The molecule has 0 saturated carbocycles. The van der Waals surface area contributed by atoms with E-state index in [0.29, 0.717) is 29.9 Å². The van der Waals surface area contributed by atoms with Gasteiger partial charge in [-0.3, -0.25) is 9.59 Å². The lowest BCUT2D eigenvalue weighted by Gasteiger charge is -2.14. The number of hydrogen-bond donors (Lipinski definition) is 3. The van der Waals surface area contributed by atoms with Crippen molar-refractivity contribution >= 4 is 17.5 Å². The number of nitrogens with one attached hydrogen (secondary N) is 3. The first kappa shape index (κ1) is 19.6. The standard InChI is InChI=1S/C20H16F3N5O2/c1-10(29)26-15-3-2-11(8-13(15)20(21,22)23)18-24-6-5-16(28-18)17-9-12-14(27-17)4-7-25-19(12)30/h2-3,5-6,8-9,27H,4,7H2,1H3,(H,25,30)(H,26,29). The molecule has 154 valence electrons. The van der Waals surface area contributed by atoms with Gasteiger partial charge in [-0.05, 0) is 30.3 Å². The Labute approximate surface area is 168 Å². The van der Waals surface area contributed by atoms with Crippen LogP contribution in [0, 0.1) is 0 Å². The van der Waals surface area contributed by atoms with Crippen LogP contribution < -0.4 is 10.6 Å². The summed E-state index contributed by atoms with van der Waals surface area (Å²) in [7, 11) is 0. The van der Waals surface area contributed by atoms with Crippen molar-refractivity contribution < 1.29 is 22.8 Å². The van der Waals surface area contributed by atoms with E-state index in [0.717, 1.165) is 18.7 Å². The summed E-state index contributed by atoms with van der Waals surface area (Å²) in [6, 6.07) is 6.75. The van der Waals surface area contributed by atoms with E-state index >= 15 is 0 Å². The average molecular weight is 415 g/mol. The van der Waals surface area contributed by atoms with E-state index in [1.165, 1.54) is 18.3 Å². The first-order valence-electron chi connectivity index (χ1n) is 9.05. The molecule has 0 atom stereocenters. The summed E-state index contributed by atoms with van der Waals surface area (Å²) >= 11 is 0. The predicted octanol–water partition coefficient (Wildman–Crippen LogP) is 3.40. The van der Waals surface area contributed by atoms with Crippen molar-refractivity contribution in [3.63, 3.8) is 0 Å². The average Bonchev–Trinajstić information content (AvgIpc) is 3.13. The van der Waals surface area contributed by atoms with Crippen molar-refractivity contribution in [3.8, 4) is 22.8 Å². The van der Waals surface area contributed by atoms with Crippen LogP contribution in [0.5, 0.6) is 0 Å². The lowest BCUT2D eigenvalue weighted by Crippen LogP contribution is -2.31. The first-order chi connectivity index (χ1) is 14.2. The minimum Gasteiger partial charge on any atom is -0.356 e. The molecule has 4 rings (SSSR count). The van der Waals surface area contributed by atoms with Crippen LogP contribution in [0.4, 0.5) is 18.9 Å². The molecule has 7 nitrogen and oxygen atoms in total. The van der Waals surface area contributed by atoms with Gasteiger partial charge >= 0.3 is 6.18 Å². The van der Waals surface area contributed by atoms with E-state index in [4.69, 9.17) is 0 Å². The highest BCUT2D eigenvalue weighted by Crippen LogP contribution is 2.37. The van der Waals surface area contributed by atoms with E-state index in [9.17, 15) is 22.8 Å². The number of halogens is 3. The zero-order valence-corrected chi connectivity index (χ0v) is 15.7. The highest BCUT2D eigenvalue weighted by Gasteiger charge is 2.34. The van der Waals surface area contributed by atoms with Gasteiger partial charge in [-0.25, -0.2) is 9.97 Å². The zero-order chi connectivity index (χ0) is 21.5. The molecule has 0 aliphatic carbocycles. The van der Waals surface area contributed by atoms with Gasteiger partial charge in [-0.2, -0.15) is 13.2 Å². The lowest BCUT2D eigenvalue weighted by atomic mass is 10.1. The Balaban J connectivity index is 1.74. The number of anilines is 1. The van der Waals surface area contributed by atoms with Crippen molar-refractivity contribution in [2.45, 2.75) is 19.5 Å². The molecule has 10 heteroatoms. The molecule has 0 radical (unpaired) electrons. The van der Waals surface area contributed by atoms with Gasteiger partial charge in [0.15, 0.2) is 5.82 Å². The normalized spacial score (nSPS) is 13.5.